The molecule has 0 N–H and O–H groups in total. The summed E-state index contributed by atoms with van der Waals surface area (Å²) < 4.78 is 29.3. The lowest BCUT2D eigenvalue weighted by atomic mass is 10.1. The molecule has 0 bridgehead atoms. The van der Waals surface area contributed by atoms with Crippen molar-refractivity contribution in [2.75, 3.05) is 4.90 Å². The van der Waals surface area contributed by atoms with Crippen molar-refractivity contribution in [1.82, 2.24) is 0 Å². The predicted octanol–water partition coefficient (Wildman–Crippen LogP) is 5.56. The molecule has 1 aliphatic heterocycles. The number of benzene rings is 3. The maximum atomic E-state index is 14.4. The molecule has 1 heterocycles. The van der Waals surface area contributed by atoms with Crippen molar-refractivity contribution < 1.29 is 13.6 Å². The largest absolute Gasteiger partial charge is 0.282 e. The summed E-state index contributed by atoms with van der Waals surface area (Å²) >= 11 is 3.38. The second kappa shape index (κ2) is 7.48. The van der Waals surface area contributed by atoms with E-state index in [2.05, 4.69) is 20.9 Å². The third kappa shape index (κ3) is 3.39. The van der Waals surface area contributed by atoms with Crippen LogP contribution in [0.4, 0.5) is 14.5 Å². The molecule has 28 heavy (non-hydrogen) atoms. The van der Waals surface area contributed by atoms with Gasteiger partial charge in [0.1, 0.15) is 17.3 Å². The van der Waals surface area contributed by atoms with Crippen molar-refractivity contribution in [3.63, 3.8) is 0 Å². The van der Waals surface area contributed by atoms with Gasteiger partial charge in [-0.3, -0.25) is 9.69 Å². The van der Waals surface area contributed by atoms with E-state index in [1.165, 1.54) is 23.1 Å². The van der Waals surface area contributed by atoms with Crippen LogP contribution in [0.3, 0.4) is 0 Å². The van der Waals surface area contributed by atoms with Crippen molar-refractivity contribution in [3.8, 4) is 0 Å². The SMILES string of the molecule is O=C1/C(=C\c2ccccc2F)N=C(c2ccccc2F)N1c1cccc(Br)c1. The zero-order valence-corrected chi connectivity index (χ0v) is 16.0. The average molecular weight is 439 g/mol. The summed E-state index contributed by atoms with van der Waals surface area (Å²) in [4.78, 5) is 18.8. The highest BCUT2D eigenvalue weighted by molar-refractivity contribution is 9.10. The standard InChI is InChI=1S/C22H13BrF2N2O/c23-15-7-5-8-16(13-15)27-21(17-9-2-4-11-19(17)25)26-20(22(27)28)12-14-6-1-3-10-18(14)24/h1-13H/b20-12+. The van der Waals surface area contributed by atoms with Gasteiger partial charge in [-0.15, -0.1) is 0 Å². The van der Waals surface area contributed by atoms with Gasteiger partial charge in [-0.25, -0.2) is 13.8 Å². The van der Waals surface area contributed by atoms with E-state index in [4.69, 9.17) is 0 Å². The minimum absolute atomic E-state index is 0.0309. The van der Waals surface area contributed by atoms with Crippen molar-refractivity contribution in [3.05, 3.63) is 106 Å². The summed E-state index contributed by atoms with van der Waals surface area (Å²) in [6.07, 6.45) is 1.37. The maximum absolute atomic E-state index is 14.4. The summed E-state index contributed by atoms with van der Waals surface area (Å²) in [6.45, 7) is 0. The molecule has 4 rings (SSSR count). The molecule has 0 aliphatic carbocycles. The number of carbonyl (C=O) groups is 1. The maximum Gasteiger partial charge on any atom is 0.282 e. The third-order valence-corrected chi connectivity index (χ3v) is 4.73. The molecule has 1 aliphatic rings. The van der Waals surface area contributed by atoms with E-state index in [-0.39, 0.29) is 22.7 Å². The number of aliphatic imine (C=N–C) groups is 1. The summed E-state index contributed by atoms with van der Waals surface area (Å²) in [7, 11) is 0. The van der Waals surface area contributed by atoms with Gasteiger partial charge in [-0.2, -0.15) is 0 Å². The Balaban J connectivity index is 1.88. The molecule has 0 saturated carbocycles. The van der Waals surface area contributed by atoms with Gasteiger partial charge in [0.25, 0.3) is 5.91 Å². The molecular formula is C22H13BrF2N2O. The Labute approximate surface area is 168 Å². The first kappa shape index (κ1) is 18.3. The van der Waals surface area contributed by atoms with E-state index < -0.39 is 17.5 Å². The monoisotopic (exact) mass is 438 g/mol. The van der Waals surface area contributed by atoms with E-state index in [1.54, 1.807) is 54.6 Å². The number of amides is 1. The van der Waals surface area contributed by atoms with E-state index in [9.17, 15) is 13.6 Å². The lowest BCUT2D eigenvalue weighted by Gasteiger charge is -2.19. The van der Waals surface area contributed by atoms with Crippen LogP contribution in [0.1, 0.15) is 11.1 Å². The van der Waals surface area contributed by atoms with Crippen LogP contribution < -0.4 is 4.90 Å². The van der Waals surface area contributed by atoms with Crippen LogP contribution in [0.15, 0.2) is 88.0 Å². The highest BCUT2D eigenvalue weighted by atomic mass is 79.9. The number of hydrogen-bond donors (Lipinski definition) is 0. The Hall–Kier alpha value is -3.12. The molecule has 0 fully saturated rings. The summed E-state index contributed by atoms with van der Waals surface area (Å²) in [5.74, 6) is -1.27. The Morgan fingerprint density at radius 2 is 1.61 bits per heavy atom. The van der Waals surface area contributed by atoms with Gasteiger partial charge in [0.2, 0.25) is 0 Å². The smallest absolute Gasteiger partial charge is 0.266 e. The first-order valence-corrected chi connectivity index (χ1v) is 9.24. The molecule has 6 heteroatoms. The van der Waals surface area contributed by atoms with Gasteiger partial charge in [-0.05, 0) is 42.5 Å². The molecule has 0 saturated heterocycles. The van der Waals surface area contributed by atoms with E-state index in [0.717, 1.165) is 4.47 Å². The highest BCUT2D eigenvalue weighted by Gasteiger charge is 2.33. The molecule has 0 aromatic heterocycles. The van der Waals surface area contributed by atoms with Crippen LogP contribution in [0.5, 0.6) is 0 Å². The summed E-state index contributed by atoms with van der Waals surface area (Å²) in [5.41, 5.74) is 0.980. The summed E-state index contributed by atoms with van der Waals surface area (Å²) in [5, 5.41) is 0. The van der Waals surface area contributed by atoms with Crippen LogP contribution in [-0.2, 0) is 4.79 Å². The molecule has 1 amide bonds. The van der Waals surface area contributed by atoms with Crippen LogP contribution in [-0.4, -0.2) is 11.7 Å². The first-order valence-electron chi connectivity index (χ1n) is 8.44. The number of anilines is 1. The van der Waals surface area contributed by atoms with Gasteiger partial charge in [0.05, 0.1) is 11.3 Å². The number of carbonyl (C=O) groups excluding carboxylic acids is 1. The molecular weight excluding hydrogens is 426 g/mol. The number of amidine groups is 1. The molecule has 138 valence electrons. The fourth-order valence-electron chi connectivity index (χ4n) is 2.93. The fourth-order valence-corrected chi connectivity index (χ4v) is 3.32. The molecule has 0 unspecified atom stereocenters. The normalized spacial score (nSPS) is 15.2. The summed E-state index contributed by atoms with van der Waals surface area (Å²) in [6, 6.07) is 19.2. The quantitative estimate of drug-likeness (QED) is 0.492. The lowest BCUT2D eigenvalue weighted by molar-refractivity contribution is -0.113. The molecule has 0 atom stereocenters. The second-order valence-corrected chi connectivity index (χ2v) is 7.00. The molecule has 3 aromatic carbocycles. The Bertz CT molecular complexity index is 1140. The molecule has 3 nitrogen and oxygen atoms in total. The van der Waals surface area contributed by atoms with Crippen molar-refractivity contribution >= 4 is 39.4 Å². The Morgan fingerprint density at radius 1 is 0.893 bits per heavy atom. The van der Waals surface area contributed by atoms with E-state index in [1.807, 2.05) is 6.07 Å². The van der Waals surface area contributed by atoms with Crippen molar-refractivity contribution in [2.45, 2.75) is 0 Å². The van der Waals surface area contributed by atoms with Gasteiger partial charge < -0.3 is 0 Å². The Kier molecular flexibility index (Phi) is 4.88. The molecule has 0 radical (unpaired) electrons. The minimum Gasteiger partial charge on any atom is -0.266 e. The number of halogens is 3. The number of rotatable bonds is 3. The number of hydrogen-bond acceptors (Lipinski definition) is 2. The van der Waals surface area contributed by atoms with Crippen LogP contribution in [0.25, 0.3) is 6.08 Å². The molecule has 0 spiro atoms. The predicted molar refractivity (Wildman–Crippen MR) is 109 cm³/mol. The second-order valence-electron chi connectivity index (χ2n) is 6.09. The number of nitrogens with zero attached hydrogens (tertiary/aromatic N) is 2. The topological polar surface area (TPSA) is 32.7 Å². The minimum atomic E-state index is -0.499. The highest BCUT2D eigenvalue weighted by Crippen LogP contribution is 2.30. The van der Waals surface area contributed by atoms with Gasteiger partial charge in [0.15, 0.2) is 5.84 Å². The molecule has 3 aromatic rings. The van der Waals surface area contributed by atoms with Gasteiger partial charge in [-0.1, -0.05) is 52.3 Å². The van der Waals surface area contributed by atoms with Crippen molar-refractivity contribution in [1.29, 1.82) is 0 Å². The fraction of sp³-hybridized carbons (Fsp3) is 0. The van der Waals surface area contributed by atoms with Gasteiger partial charge >= 0.3 is 0 Å². The zero-order valence-electron chi connectivity index (χ0n) is 14.4. The third-order valence-electron chi connectivity index (χ3n) is 4.24. The van der Waals surface area contributed by atoms with Crippen LogP contribution in [0.2, 0.25) is 0 Å². The van der Waals surface area contributed by atoms with Crippen LogP contribution >= 0.6 is 15.9 Å². The van der Waals surface area contributed by atoms with E-state index in [0.29, 0.717) is 5.69 Å². The Morgan fingerprint density at radius 3 is 2.32 bits per heavy atom. The van der Waals surface area contributed by atoms with Gasteiger partial charge in [0, 0.05) is 10.0 Å². The first-order chi connectivity index (χ1) is 13.5. The average Bonchev–Trinajstić information content (AvgIpc) is 3.00. The lowest BCUT2D eigenvalue weighted by Crippen LogP contribution is -2.33. The zero-order chi connectivity index (χ0) is 19.7. The van der Waals surface area contributed by atoms with Crippen molar-refractivity contribution in [2.24, 2.45) is 4.99 Å². The van der Waals surface area contributed by atoms with E-state index >= 15 is 0 Å². The van der Waals surface area contributed by atoms with Crippen LogP contribution in [0, 0.1) is 11.6 Å².